The summed E-state index contributed by atoms with van der Waals surface area (Å²) in [5.74, 6) is 0.420. The van der Waals surface area contributed by atoms with Crippen LogP contribution in [0.2, 0.25) is 0 Å². The van der Waals surface area contributed by atoms with Gasteiger partial charge in [-0.15, -0.1) is 0 Å². The van der Waals surface area contributed by atoms with Gasteiger partial charge in [0.05, 0.1) is 0 Å². The van der Waals surface area contributed by atoms with Crippen molar-refractivity contribution in [1.29, 1.82) is 0 Å². The van der Waals surface area contributed by atoms with Crippen LogP contribution in [0.25, 0.3) is 0 Å². The molecule has 0 amide bonds. The molecule has 2 nitrogen and oxygen atoms in total. The first-order chi connectivity index (χ1) is 7.65. The summed E-state index contributed by atoms with van der Waals surface area (Å²) in [6.07, 6.45) is 0. The van der Waals surface area contributed by atoms with Crippen LogP contribution in [0.3, 0.4) is 0 Å². The normalized spacial score (nSPS) is 11.1. The molecular weight excluding hydrogens is 219 g/mol. The van der Waals surface area contributed by atoms with Crippen molar-refractivity contribution in [3.05, 3.63) is 48.0 Å². The summed E-state index contributed by atoms with van der Waals surface area (Å²) in [5, 5.41) is 20.9. The number of phenols is 2. The Kier molecular flexibility index (Phi) is 3.12. The van der Waals surface area contributed by atoms with Crippen LogP contribution in [0.5, 0.6) is 11.5 Å². The summed E-state index contributed by atoms with van der Waals surface area (Å²) < 4.78 is 0. The molecular formula is C13H13O2P. The van der Waals surface area contributed by atoms with Crippen molar-refractivity contribution >= 4 is 19.2 Å². The van der Waals surface area contributed by atoms with E-state index in [2.05, 4.69) is 0 Å². The maximum absolute atomic E-state index is 9.65. The summed E-state index contributed by atoms with van der Waals surface area (Å²) in [6.45, 7) is 2.04. The van der Waals surface area contributed by atoms with E-state index in [0.29, 0.717) is 8.58 Å². The minimum Gasteiger partial charge on any atom is -0.508 e. The van der Waals surface area contributed by atoms with Gasteiger partial charge in [0.25, 0.3) is 0 Å². The number of rotatable bonds is 2. The number of hydrogen-bond acceptors (Lipinski definition) is 2. The highest BCUT2D eigenvalue weighted by Gasteiger charge is 2.03. The van der Waals surface area contributed by atoms with Gasteiger partial charge in [-0.1, -0.05) is 38.4 Å². The van der Waals surface area contributed by atoms with Crippen LogP contribution >= 0.6 is 8.58 Å². The highest BCUT2D eigenvalue weighted by Crippen LogP contribution is 2.21. The smallest absolute Gasteiger partial charge is 0.123 e. The van der Waals surface area contributed by atoms with E-state index in [-0.39, 0.29) is 11.5 Å². The summed E-state index contributed by atoms with van der Waals surface area (Å²) in [4.78, 5) is 0. The lowest BCUT2D eigenvalue weighted by Gasteiger charge is -2.05. The lowest BCUT2D eigenvalue weighted by molar-refractivity contribution is 0.464. The summed E-state index contributed by atoms with van der Waals surface area (Å²) in [7, 11) is 0.358. The molecule has 0 aliphatic heterocycles. The van der Waals surface area contributed by atoms with Crippen molar-refractivity contribution in [2.24, 2.45) is 0 Å². The second-order valence-electron chi connectivity index (χ2n) is 3.69. The predicted octanol–water partition coefficient (Wildman–Crippen LogP) is 2.04. The van der Waals surface area contributed by atoms with Crippen LogP contribution in [0.1, 0.15) is 5.56 Å². The van der Waals surface area contributed by atoms with Gasteiger partial charge in [-0.05, 0) is 30.4 Å². The topological polar surface area (TPSA) is 40.5 Å². The first-order valence-electron chi connectivity index (χ1n) is 5.01. The molecule has 2 rings (SSSR count). The van der Waals surface area contributed by atoms with E-state index in [1.165, 1.54) is 17.7 Å². The minimum atomic E-state index is 0.187. The third-order valence-corrected chi connectivity index (χ3v) is 3.60. The molecule has 0 radical (unpaired) electrons. The van der Waals surface area contributed by atoms with Gasteiger partial charge in [-0.3, -0.25) is 0 Å². The van der Waals surface area contributed by atoms with Gasteiger partial charge < -0.3 is 10.2 Å². The van der Waals surface area contributed by atoms with E-state index in [9.17, 15) is 10.2 Å². The molecule has 0 heterocycles. The molecule has 1 unspecified atom stereocenters. The quantitative estimate of drug-likeness (QED) is 0.614. The van der Waals surface area contributed by atoms with Crippen LogP contribution < -0.4 is 10.6 Å². The van der Waals surface area contributed by atoms with Gasteiger partial charge in [0.2, 0.25) is 0 Å². The summed E-state index contributed by atoms with van der Waals surface area (Å²) in [5.41, 5.74) is 1.22. The Balaban J connectivity index is 2.26. The molecule has 0 aliphatic carbocycles. The molecule has 0 saturated carbocycles. The van der Waals surface area contributed by atoms with E-state index < -0.39 is 0 Å². The van der Waals surface area contributed by atoms with Crippen LogP contribution in [0, 0.1) is 6.92 Å². The second-order valence-corrected chi connectivity index (χ2v) is 5.06. The highest BCUT2D eigenvalue weighted by molar-refractivity contribution is 7.55. The number of aryl methyl sites for hydroxylation is 1. The monoisotopic (exact) mass is 232 g/mol. The number of aromatic hydroxyl groups is 2. The lowest BCUT2D eigenvalue weighted by Crippen LogP contribution is -2.03. The van der Waals surface area contributed by atoms with Gasteiger partial charge in [-0.2, -0.15) is 0 Å². The van der Waals surface area contributed by atoms with Gasteiger partial charge in [0.15, 0.2) is 0 Å². The first kappa shape index (κ1) is 11.0. The molecule has 0 aliphatic rings. The molecule has 0 saturated heterocycles. The summed E-state index contributed by atoms with van der Waals surface area (Å²) in [6, 6.07) is 12.8. The Labute approximate surface area is 96.4 Å². The predicted molar refractivity (Wildman–Crippen MR) is 68.5 cm³/mol. The molecule has 2 aromatic carbocycles. The van der Waals surface area contributed by atoms with E-state index >= 15 is 0 Å². The average molecular weight is 232 g/mol. The average Bonchev–Trinajstić information content (AvgIpc) is 2.27. The zero-order chi connectivity index (χ0) is 11.5. The van der Waals surface area contributed by atoms with Crippen molar-refractivity contribution in [3.8, 4) is 11.5 Å². The largest absolute Gasteiger partial charge is 0.508 e. The van der Waals surface area contributed by atoms with E-state index in [1.807, 2.05) is 31.2 Å². The van der Waals surface area contributed by atoms with Crippen molar-refractivity contribution < 1.29 is 10.2 Å². The van der Waals surface area contributed by atoms with Crippen molar-refractivity contribution in [3.63, 3.8) is 0 Å². The molecule has 2 N–H and O–H groups in total. The van der Waals surface area contributed by atoms with Gasteiger partial charge in [0.1, 0.15) is 11.5 Å². The Bertz CT molecular complexity index is 492. The molecule has 0 aromatic heterocycles. The fourth-order valence-electron chi connectivity index (χ4n) is 1.42. The Morgan fingerprint density at radius 2 is 1.62 bits per heavy atom. The van der Waals surface area contributed by atoms with Crippen LogP contribution in [0.15, 0.2) is 42.5 Å². The van der Waals surface area contributed by atoms with Crippen molar-refractivity contribution in [2.75, 3.05) is 0 Å². The third kappa shape index (κ3) is 2.53. The highest BCUT2D eigenvalue weighted by atomic mass is 31.1. The summed E-state index contributed by atoms with van der Waals surface area (Å²) >= 11 is 0. The third-order valence-electron chi connectivity index (χ3n) is 2.31. The Morgan fingerprint density at radius 1 is 0.938 bits per heavy atom. The maximum atomic E-state index is 9.65. The van der Waals surface area contributed by atoms with Crippen molar-refractivity contribution in [2.45, 2.75) is 6.92 Å². The molecule has 16 heavy (non-hydrogen) atoms. The van der Waals surface area contributed by atoms with Gasteiger partial charge in [-0.25, -0.2) is 0 Å². The van der Waals surface area contributed by atoms with Crippen LogP contribution in [-0.2, 0) is 0 Å². The zero-order valence-corrected chi connectivity index (χ0v) is 9.94. The molecule has 1 atom stereocenters. The van der Waals surface area contributed by atoms with E-state index in [4.69, 9.17) is 0 Å². The minimum absolute atomic E-state index is 0.187. The standard InChI is InChI=1S/C13H13O2P/c1-9-2-5-11(6-3-9)16-13-8-10(14)4-7-12(13)15/h2-8,14-16H,1H3. The number of phenolic OH excluding ortho intramolecular Hbond substituents is 2. The van der Waals surface area contributed by atoms with Crippen LogP contribution in [0.4, 0.5) is 0 Å². The lowest BCUT2D eigenvalue weighted by atomic mass is 10.2. The zero-order valence-electron chi connectivity index (χ0n) is 8.94. The fourth-order valence-corrected chi connectivity index (χ4v) is 2.49. The SMILES string of the molecule is Cc1ccc(Pc2cc(O)ccc2O)cc1. The Hall–Kier alpha value is -1.53. The van der Waals surface area contributed by atoms with Crippen LogP contribution in [-0.4, -0.2) is 10.2 Å². The maximum Gasteiger partial charge on any atom is 0.123 e. The first-order valence-corrected chi connectivity index (χ1v) is 6.01. The van der Waals surface area contributed by atoms with E-state index in [1.54, 1.807) is 6.07 Å². The number of benzene rings is 2. The van der Waals surface area contributed by atoms with Crippen molar-refractivity contribution in [1.82, 2.24) is 0 Å². The van der Waals surface area contributed by atoms with E-state index in [0.717, 1.165) is 10.6 Å². The molecule has 0 spiro atoms. The fraction of sp³-hybridized carbons (Fsp3) is 0.0769. The number of hydrogen-bond donors (Lipinski definition) is 2. The molecule has 3 heteroatoms. The van der Waals surface area contributed by atoms with Gasteiger partial charge in [0, 0.05) is 5.30 Å². The molecule has 82 valence electrons. The second kappa shape index (κ2) is 4.54. The van der Waals surface area contributed by atoms with Gasteiger partial charge >= 0.3 is 0 Å². The molecule has 0 bridgehead atoms. The molecule has 2 aromatic rings. The molecule has 0 fully saturated rings. The Morgan fingerprint density at radius 3 is 2.31 bits per heavy atom.